The maximum absolute atomic E-state index is 11.6. The lowest BCUT2D eigenvalue weighted by Crippen LogP contribution is -2.47. The predicted molar refractivity (Wildman–Crippen MR) is 64.1 cm³/mol. The predicted octanol–water partition coefficient (Wildman–Crippen LogP) is 0.178. The van der Waals surface area contributed by atoms with Crippen LogP contribution in [0.4, 0.5) is 0 Å². The van der Waals surface area contributed by atoms with Crippen molar-refractivity contribution in [2.24, 2.45) is 5.92 Å². The lowest BCUT2D eigenvalue weighted by molar-refractivity contribution is -0.155. The molecule has 0 aromatic heterocycles. The van der Waals surface area contributed by atoms with Gasteiger partial charge in [-0.1, -0.05) is 20.3 Å². The molecular formula is C10H21NO5S. The molecule has 2 atom stereocenters. The SMILES string of the molecule is CCCC(C)CS(=O)(=O)NCC(C)(O)C(=O)O. The van der Waals surface area contributed by atoms with Gasteiger partial charge in [0.1, 0.15) is 0 Å². The molecule has 0 fully saturated rings. The number of carboxylic acids is 1. The Morgan fingerprint density at radius 3 is 2.41 bits per heavy atom. The Morgan fingerprint density at radius 1 is 1.47 bits per heavy atom. The van der Waals surface area contributed by atoms with Gasteiger partial charge in [-0.05, 0) is 19.3 Å². The number of carbonyl (C=O) groups is 1. The van der Waals surface area contributed by atoms with Gasteiger partial charge in [0, 0.05) is 6.54 Å². The highest BCUT2D eigenvalue weighted by atomic mass is 32.2. The molecule has 102 valence electrons. The van der Waals surface area contributed by atoms with Gasteiger partial charge in [0.15, 0.2) is 5.60 Å². The van der Waals surface area contributed by atoms with Crippen LogP contribution in [0.1, 0.15) is 33.6 Å². The normalized spacial score (nSPS) is 17.4. The van der Waals surface area contributed by atoms with E-state index in [2.05, 4.69) is 4.72 Å². The van der Waals surface area contributed by atoms with Crippen molar-refractivity contribution in [3.63, 3.8) is 0 Å². The third kappa shape index (κ3) is 6.60. The number of aliphatic hydroxyl groups is 1. The van der Waals surface area contributed by atoms with Crippen molar-refractivity contribution in [3.8, 4) is 0 Å². The van der Waals surface area contributed by atoms with Crippen LogP contribution in [-0.2, 0) is 14.8 Å². The number of hydrogen-bond donors (Lipinski definition) is 3. The van der Waals surface area contributed by atoms with Crippen molar-refractivity contribution >= 4 is 16.0 Å². The van der Waals surface area contributed by atoms with Crippen LogP contribution in [0.2, 0.25) is 0 Å². The second kappa shape index (κ2) is 6.32. The summed E-state index contributed by atoms with van der Waals surface area (Å²) in [4.78, 5) is 10.6. The monoisotopic (exact) mass is 267 g/mol. The molecule has 3 N–H and O–H groups in total. The summed E-state index contributed by atoms with van der Waals surface area (Å²) in [6.07, 6.45) is 1.68. The molecule has 0 spiro atoms. The molecule has 0 aliphatic rings. The van der Waals surface area contributed by atoms with Crippen molar-refractivity contribution < 1.29 is 23.4 Å². The van der Waals surface area contributed by atoms with E-state index in [1.165, 1.54) is 0 Å². The summed E-state index contributed by atoms with van der Waals surface area (Å²) in [6.45, 7) is 4.31. The van der Waals surface area contributed by atoms with E-state index < -0.39 is 28.1 Å². The minimum atomic E-state index is -3.54. The first-order chi connectivity index (χ1) is 7.60. The Hall–Kier alpha value is -0.660. The molecule has 0 saturated heterocycles. The second-order valence-corrected chi connectivity index (χ2v) is 6.43. The van der Waals surface area contributed by atoms with Crippen LogP contribution < -0.4 is 4.72 Å². The van der Waals surface area contributed by atoms with Crippen LogP contribution in [0, 0.1) is 5.92 Å². The minimum Gasteiger partial charge on any atom is -0.479 e. The van der Waals surface area contributed by atoms with Crippen molar-refractivity contribution in [3.05, 3.63) is 0 Å². The average Bonchev–Trinajstić information content (AvgIpc) is 2.14. The molecule has 0 aromatic carbocycles. The lowest BCUT2D eigenvalue weighted by atomic mass is 10.1. The standard InChI is InChI=1S/C10H21NO5S/c1-4-5-8(2)6-17(15,16)11-7-10(3,14)9(12)13/h8,11,14H,4-7H2,1-3H3,(H,12,13). The van der Waals surface area contributed by atoms with E-state index in [1.807, 2.05) is 13.8 Å². The number of rotatable bonds is 8. The highest BCUT2D eigenvalue weighted by Gasteiger charge is 2.31. The Kier molecular flexibility index (Phi) is 6.08. The molecule has 0 heterocycles. The molecule has 0 bridgehead atoms. The van der Waals surface area contributed by atoms with E-state index >= 15 is 0 Å². The van der Waals surface area contributed by atoms with Gasteiger partial charge in [-0.25, -0.2) is 17.9 Å². The zero-order valence-corrected chi connectivity index (χ0v) is 11.2. The molecule has 0 aliphatic heterocycles. The number of nitrogens with one attached hydrogen (secondary N) is 1. The maximum atomic E-state index is 11.6. The molecule has 7 heteroatoms. The smallest absolute Gasteiger partial charge is 0.336 e. The topological polar surface area (TPSA) is 104 Å². The molecule has 0 saturated carbocycles. The lowest BCUT2D eigenvalue weighted by Gasteiger charge is -2.19. The zero-order chi connectivity index (χ0) is 13.7. The van der Waals surface area contributed by atoms with Crippen LogP contribution in [0.3, 0.4) is 0 Å². The molecule has 0 aromatic rings. The Labute approximate surface area is 102 Å². The number of carboxylic acid groups (broad SMARTS) is 1. The van der Waals surface area contributed by atoms with Gasteiger partial charge in [0.2, 0.25) is 10.0 Å². The number of aliphatic carboxylic acids is 1. The molecule has 0 aliphatic carbocycles. The summed E-state index contributed by atoms with van der Waals surface area (Å²) in [5.41, 5.74) is -2.08. The van der Waals surface area contributed by atoms with Crippen molar-refractivity contribution in [1.29, 1.82) is 0 Å². The molecular weight excluding hydrogens is 246 g/mol. The molecule has 6 nitrogen and oxygen atoms in total. The summed E-state index contributed by atoms with van der Waals surface area (Å²) in [7, 11) is -3.54. The van der Waals surface area contributed by atoms with E-state index in [4.69, 9.17) is 5.11 Å². The summed E-state index contributed by atoms with van der Waals surface area (Å²) < 4.78 is 25.3. The molecule has 2 unspecified atom stereocenters. The van der Waals surface area contributed by atoms with Gasteiger partial charge < -0.3 is 10.2 Å². The van der Waals surface area contributed by atoms with Gasteiger partial charge in [-0.3, -0.25) is 0 Å². The van der Waals surface area contributed by atoms with Crippen molar-refractivity contribution in [2.75, 3.05) is 12.3 Å². The van der Waals surface area contributed by atoms with E-state index in [9.17, 15) is 18.3 Å². The highest BCUT2D eigenvalue weighted by Crippen LogP contribution is 2.08. The number of hydrogen-bond acceptors (Lipinski definition) is 4. The molecule has 0 rings (SSSR count). The van der Waals surface area contributed by atoms with Gasteiger partial charge in [-0.2, -0.15) is 0 Å². The van der Waals surface area contributed by atoms with Crippen LogP contribution in [0.5, 0.6) is 0 Å². The summed E-state index contributed by atoms with van der Waals surface area (Å²) in [5.74, 6) is -1.51. The van der Waals surface area contributed by atoms with Crippen LogP contribution in [0.25, 0.3) is 0 Å². The van der Waals surface area contributed by atoms with Gasteiger partial charge in [0.05, 0.1) is 5.75 Å². The quantitative estimate of drug-likeness (QED) is 0.582. The third-order valence-corrected chi connectivity index (χ3v) is 3.97. The van der Waals surface area contributed by atoms with Crippen LogP contribution in [0.15, 0.2) is 0 Å². The van der Waals surface area contributed by atoms with Crippen molar-refractivity contribution in [1.82, 2.24) is 4.72 Å². The molecule has 0 radical (unpaired) electrons. The van der Waals surface area contributed by atoms with E-state index in [-0.39, 0.29) is 11.7 Å². The fraction of sp³-hybridized carbons (Fsp3) is 0.900. The van der Waals surface area contributed by atoms with Crippen LogP contribution in [-0.4, -0.2) is 42.5 Å². The van der Waals surface area contributed by atoms with E-state index in [0.29, 0.717) is 0 Å². The maximum Gasteiger partial charge on any atom is 0.336 e. The summed E-state index contributed by atoms with van der Waals surface area (Å²) >= 11 is 0. The fourth-order valence-corrected chi connectivity index (χ4v) is 2.87. The van der Waals surface area contributed by atoms with E-state index in [1.54, 1.807) is 0 Å². The van der Waals surface area contributed by atoms with Crippen molar-refractivity contribution in [2.45, 2.75) is 39.2 Å². The largest absolute Gasteiger partial charge is 0.479 e. The average molecular weight is 267 g/mol. The molecule has 17 heavy (non-hydrogen) atoms. The Balaban J connectivity index is 4.33. The Morgan fingerprint density at radius 2 is 2.00 bits per heavy atom. The number of sulfonamides is 1. The first-order valence-corrected chi connectivity index (χ1v) is 7.19. The van der Waals surface area contributed by atoms with Gasteiger partial charge >= 0.3 is 5.97 Å². The van der Waals surface area contributed by atoms with Gasteiger partial charge in [0.25, 0.3) is 0 Å². The first kappa shape index (κ1) is 16.3. The second-order valence-electron chi connectivity index (χ2n) is 4.58. The third-order valence-electron chi connectivity index (χ3n) is 2.38. The van der Waals surface area contributed by atoms with Crippen LogP contribution >= 0.6 is 0 Å². The first-order valence-electron chi connectivity index (χ1n) is 5.54. The van der Waals surface area contributed by atoms with Gasteiger partial charge in [-0.15, -0.1) is 0 Å². The summed E-state index contributed by atoms with van der Waals surface area (Å²) in [6, 6.07) is 0. The van der Waals surface area contributed by atoms with E-state index in [0.717, 1.165) is 19.8 Å². The zero-order valence-electron chi connectivity index (χ0n) is 10.4. The summed E-state index contributed by atoms with van der Waals surface area (Å²) in [5, 5.41) is 18.0. The Bertz CT molecular complexity index is 350. The molecule has 0 amide bonds. The fourth-order valence-electron chi connectivity index (χ4n) is 1.34. The highest BCUT2D eigenvalue weighted by molar-refractivity contribution is 7.89. The minimum absolute atomic E-state index is 0.00674.